The molecule has 114 valence electrons. The number of fused-ring (bicyclic) bond motifs is 1. The summed E-state index contributed by atoms with van der Waals surface area (Å²) in [6, 6.07) is 5.19. The monoisotopic (exact) mass is 307 g/mol. The van der Waals surface area contributed by atoms with E-state index in [-0.39, 0.29) is 11.8 Å². The predicted octanol–water partition coefficient (Wildman–Crippen LogP) is 3.01. The van der Waals surface area contributed by atoms with E-state index in [2.05, 4.69) is 10.3 Å². The Morgan fingerprint density at radius 1 is 1.48 bits per heavy atom. The van der Waals surface area contributed by atoms with Gasteiger partial charge in [0.1, 0.15) is 5.75 Å². The number of aromatic nitrogens is 1. The van der Waals surface area contributed by atoms with Crippen LogP contribution < -0.4 is 15.8 Å². The Bertz CT molecular complexity index is 626. The summed E-state index contributed by atoms with van der Waals surface area (Å²) in [5.74, 6) is 0.764. The van der Waals surface area contributed by atoms with Crippen molar-refractivity contribution < 1.29 is 9.53 Å². The fourth-order valence-electron chi connectivity index (χ4n) is 1.92. The van der Waals surface area contributed by atoms with E-state index in [1.807, 2.05) is 39.0 Å². The molecule has 0 aliphatic carbocycles. The van der Waals surface area contributed by atoms with E-state index in [1.165, 1.54) is 11.3 Å². The quantitative estimate of drug-likeness (QED) is 0.860. The summed E-state index contributed by atoms with van der Waals surface area (Å²) in [6.07, 6.45) is 0.867. The van der Waals surface area contributed by atoms with Crippen LogP contribution in [-0.2, 0) is 4.79 Å². The topological polar surface area (TPSA) is 77.2 Å². The van der Waals surface area contributed by atoms with E-state index in [4.69, 9.17) is 10.5 Å². The third-order valence-electron chi connectivity index (χ3n) is 3.46. The van der Waals surface area contributed by atoms with Crippen molar-refractivity contribution in [3.05, 3.63) is 18.2 Å². The maximum Gasteiger partial charge on any atom is 0.243 e. The first kappa shape index (κ1) is 15.7. The lowest BCUT2D eigenvalue weighted by Crippen LogP contribution is -2.40. The van der Waals surface area contributed by atoms with Crippen LogP contribution >= 0.6 is 11.3 Å². The van der Waals surface area contributed by atoms with Crippen molar-refractivity contribution in [1.82, 2.24) is 4.98 Å². The maximum atomic E-state index is 12.1. The van der Waals surface area contributed by atoms with Gasteiger partial charge in [0.2, 0.25) is 5.91 Å². The molecule has 1 heterocycles. The standard InChI is InChI=1S/C15H21N3O2S/c1-4-9(3)13(16)14(19)18-15-17-11-7-6-10(20-5-2)8-12(11)21-15/h6-9,13H,4-5,16H2,1-3H3,(H,17,18,19)/t9?,13-/m0/s1. The number of hydrogen-bond acceptors (Lipinski definition) is 5. The van der Waals surface area contributed by atoms with Gasteiger partial charge in [-0.2, -0.15) is 0 Å². The van der Waals surface area contributed by atoms with Crippen LogP contribution in [0.5, 0.6) is 5.75 Å². The summed E-state index contributed by atoms with van der Waals surface area (Å²) in [5.41, 5.74) is 6.77. The van der Waals surface area contributed by atoms with Crippen molar-refractivity contribution in [2.24, 2.45) is 11.7 Å². The number of rotatable bonds is 6. The molecule has 1 unspecified atom stereocenters. The van der Waals surface area contributed by atoms with E-state index < -0.39 is 6.04 Å². The number of hydrogen-bond donors (Lipinski definition) is 2. The van der Waals surface area contributed by atoms with Crippen LogP contribution in [0, 0.1) is 5.92 Å². The predicted molar refractivity (Wildman–Crippen MR) is 86.8 cm³/mol. The summed E-state index contributed by atoms with van der Waals surface area (Å²) in [6.45, 7) is 6.55. The molecule has 5 nitrogen and oxygen atoms in total. The molecule has 0 radical (unpaired) electrons. The normalized spacial score (nSPS) is 13.9. The number of nitrogens with one attached hydrogen (secondary N) is 1. The van der Waals surface area contributed by atoms with E-state index >= 15 is 0 Å². The van der Waals surface area contributed by atoms with E-state index in [0.29, 0.717) is 11.7 Å². The molecule has 0 bridgehead atoms. The van der Waals surface area contributed by atoms with Gasteiger partial charge in [-0.1, -0.05) is 31.6 Å². The van der Waals surface area contributed by atoms with E-state index in [9.17, 15) is 4.79 Å². The van der Waals surface area contributed by atoms with E-state index in [1.54, 1.807) is 0 Å². The zero-order valence-electron chi connectivity index (χ0n) is 12.6. The number of carbonyl (C=O) groups is 1. The summed E-state index contributed by atoms with van der Waals surface area (Å²) >= 11 is 1.42. The molecule has 1 aromatic carbocycles. The number of anilines is 1. The smallest absolute Gasteiger partial charge is 0.243 e. The molecule has 6 heteroatoms. The van der Waals surface area contributed by atoms with Gasteiger partial charge in [0.25, 0.3) is 0 Å². The second-order valence-corrected chi connectivity index (χ2v) is 6.01. The van der Waals surface area contributed by atoms with Gasteiger partial charge < -0.3 is 15.8 Å². The molecule has 2 rings (SSSR count). The van der Waals surface area contributed by atoms with Crippen molar-refractivity contribution in [3.8, 4) is 5.75 Å². The van der Waals surface area contributed by atoms with Crippen LogP contribution in [0.15, 0.2) is 18.2 Å². The lowest BCUT2D eigenvalue weighted by molar-refractivity contribution is -0.118. The number of carbonyl (C=O) groups excluding carboxylic acids is 1. The highest BCUT2D eigenvalue weighted by atomic mass is 32.1. The number of amides is 1. The zero-order chi connectivity index (χ0) is 15.4. The highest BCUT2D eigenvalue weighted by Crippen LogP contribution is 2.29. The van der Waals surface area contributed by atoms with Crippen LogP contribution in [0.1, 0.15) is 27.2 Å². The minimum atomic E-state index is -0.513. The third kappa shape index (κ3) is 3.71. The first-order valence-electron chi connectivity index (χ1n) is 7.15. The van der Waals surface area contributed by atoms with Crippen molar-refractivity contribution in [1.29, 1.82) is 0 Å². The highest BCUT2D eigenvalue weighted by molar-refractivity contribution is 7.22. The highest BCUT2D eigenvalue weighted by Gasteiger charge is 2.20. The molecule has 0 aliphatic heterocycles. The van der Waals surface area contributed by atoms with Gasteiger partial charge in [-0.25, -0.2) is 4.98 Å². The maximum absolute atomic E-state index is 12.1. The molecular weight excluding hydrogens is 286 g/mol. The Kier molecular flexibility index (Phi) is 5.14. The van der Waals surface area contributed by atoms with Crippen molar-refractivity contribution in [2.75, 3.05) is 11.9 Å². The molecular formula is C15H21N3O2S. The fraction of sp³-hybridized carbons (Fsp3) is 0.467. The van der Waals surface area contributed by atoms with Crippen LogP contribution in [0.3, 0.4) is 0 Å². The minimum absolute atomic E-state index is 0.143. The van der Waals surface area contributed by atoms with Gasteiger partial charge in [-0.3, -0.25) is 4.79 Å². The summed E-state index contributed by atoms with van der Waals surface area (Å²) in [4.78, 5) is 16.5. The Balaban J connectivity index is 2.14. The molecule has 0 spiro atoms. The molecule has 3 N–H and O–H groups in total. The second-order valence-electron chi connectivity index (χ2n) is 4.98. The van der Waals surface area contributed by atoms with Gasteiger partial charge in [0.05, 0.1) is 22.9 Å². The Hall–Kier alpha value is -1.66. The number of thiazole rings is 1. The van der Waals surface area contributed by atoms with Crippen molar-refractivity contribution >= 4 is 32.6 Å². The number of ether oxygens (including phenoxy) is 1. The van der Waals surface area contributed by atoms with Crippen LogP contribution in [0.4, 0.5) is 5.13 Å². The minimum Gasteiger partial charge on any atom is -0.494 e. The Morgan fingerprint density at radius 3 is 2.90 bits per heavy atom. The summed E-state index contributed by atoms with van der Waals surface area (Å²) in [5, 5.41) is 3.37. The van der Waals surface area contributed by atoms with Gasteiger partial charge in [0.15, 0.2) is 5.13 Å². The van der Waals surface area contributed by atoms with Crippen molar-refractivity contribution in [3.63, 3.8) is 0 Å². The second kappa shape index (κ2) is 6.87. The average molecular weight is 307 g/mol. The molecule has 1 aromatic heterocycles. The van der Waals surface area contributed by atoms with Crippen LogP contribution in [-0.4, -0.2) is 23.5 Å². The van der Waals surface area contributed by atoms with Crippen LogP contribution in [0.25, 0.3) is 10.2 Å². The number of nitrogens with two attached hydrogens (primary N) is 1. The molecule has 0 aliphatic rings. The molecule has 0 saturated heterocycles. The zero-order valence-corrected chi connectivity index (χ0v) is 13.4. The van der Waals surface area contributed by atoms with Gasteiger partial charge >= 0.3 is 0 Å². The summed E-state index contributed by atoms with van der Waals surface area (Å²) < 4.78 is 6.44. The number of benzene rings is 1. The summed E-state index contributed by atoms with van der Waals surface area (Å²) in [7, 11) is 0. The Morgan fingerprint density at radius 2 is 2.24 bits per heavy atom. The SMILES string of the molecule is CCOc1ccc2nc(NC(=O)[C@@H](N)C(C)CC)sc2c1. The molecule has 0 fully saturated rings. The van der Waals surface area contributed by atoms with E-state index in [0.717, 1.165) is 22.4 Å². The lowest BCUT2D eigenvalue weighted by atomic mass is 10.00. The molecule has 2 atom stereocenters. The molecule has 2 aromatic rings. The molecule has 1 amide bonds. The van der Waals surface area contributed by atoms with Gasteiger partial charge in [-0.15, -0.1) is 0 Å². The number of nitrogens with zero attached hydrogens (tertiary/aromatic N) is 1. The van der Waals surface area contributed by atoms with Crippen LogP contribution in [0.2, 0.25) is 0 Å². The third-order valence-corrected chi connectivity index (χ3v) is 4.39. The first-order valence-corrected chi connectivity index (χ1v) is 7.96. The largest absolute Gasteiger partial charge is 0.494 e. The van der Waals surface area contributed by atoms with Gasteiger partial charge in [0, 0.05) is 0 Å². The first-order chi connectivity index (χ1) is 10.0. The molecule has 0 saturated carbocycles. The Labute approximate surface area is 128 Å². The van der Waals surface area contributed by atoms with Gasteiger partial charge in [-0.05, 0) is 31.0 Å². The molecule has 21 heavy (non-hydrogen) atoms. The lowest BCUT2D eigenvalue weighted by Gasteiger charge is -2.16. The average Bonchev–Trinajstić information content (AvgIpc) is 2.87. The fourth-order valence-corrected chi connectivity index (χ4v) is 2.81. The van der Waals surface area contributed by atoms with Crippen molar-refractivity contribution in [2.45, 2.75) is 33.2 Å².